The number of halogens is 3. The zero-order valence-electron chi connectivity index (χ0n) is 9.79. The average Bonchev–Trinajstić information content (AvgIpc) is 2.44. The number of hydrogen-bond acceptors (Lipinski definition) is 4. The molecule has 0 aromatic heterocycles. The minimum absolute atomic E-state index is 0.0413. The molecule has 1 aliphatic heterocycles. The van der Waals surface area contributed by atoms with E-state index in [1.54, 1.807) is 0 Å². The Labute approximate surface area is 99.2 Å². The number of nitrogens with two attached hydrogens (primary N) is 1. The molecule has 0 bridgehead atoms. The van der Waals surface area contributed by atoms with Crippen molar-refractivity contribution in [2.75, 3.05) is 45.9 Å². The van der Waals surface area contributed by atoms with Gasteiger partial charge in [-0.05, 0) is 13.0 Å². The van der Waals surface area contributed by atoms with Gasteiger partial charge in [0.2, 0.25) is 0 Å². The van der Waals surface area contributed by atoms with Crippen LogP contribution in [0, 0.1) is 0 Å². The van der Waals surface area contributed by atoms with E-state index < -0.39 is 18.8 Å². The summed E-state index contributed by atoms with van der Waals surface area (Å²) in [4.78, 5) is 3.38. The van der Waals surface area contributed by atoms with Gasteiger partial charge in [0.1, 0.15) is 6.04 Å². The molecule has 0 saturated carbocycles. The summed E-state index contributed by atoms with van der Waals surface area (Å²) in [5.74, 6) is 0. The third-order valence-corrected chi connectivity index (χ3v) is 3.08. The third-order valence-electron chi connectivity index (χ3n) is 3.08. The number of aliphatic hydroxyl groups excluding tert-OH is 1. The van der Waals surface area contributed by atoms with Crippen LogP contribution in [0.25, 0.3) is 0 Å². The first-order valence-electron chi connectivity index (χ1n) is 5.83. The molecule has 1 fully saturated rings. The number of alkyl halides is 3. The molecule has 1 rings (SSSR count). The van der Waals surface area contributed by atoms with Crippen LogP contribution in [-0.4, -0.2) is 73.0 Å². The first-order valence-corrected chi connectivity index (χ1v) is 5.83. The summed E-state index contributed by atoms with van der Waals surface area (Å²) >= 11 is 0. The Balaban J connectivity index is 2.55. The van der Waals surface area contributed by atoms with E-state index in [0.717, 1.165) is 6.54 Å². The highest BCUT2D eigenvalue weighted by Gasteiger charge is 2.42. The molecular weight excluding hydrogens is 235 g/mol. The molecule has 7 heteroatoms. The van der Waals surface area contributed by atoms with E-state index in [1.807, 2.05) is 4.90 Å². The van der Waals surface area contributed by atoms with Crippen molar-refractivity contribution in [2.24, 2.45) is 5.73 Å². The Bertz CT molecular complexity index is 225. The Morgan fingerprint density at radius 2 is 1.88 bits per heavy atom. The summed E-state index contributed by atoms with van der Waals surface area (Å²) in [5, 5.41) is 8.81. The van der Waals surface area contributed by atoms with Crippen LogP contribution in [0.4, 0.5) is 13.2 Å². The molecule has 0 aromatic rings. The SMILES string of the molecule is NCC(N1CCCN(CCO)CC1)C(F)(F)F. The average molecular weight is 255 g/mol. The Morgan fingerprint density at radius 1 is 1.18 bits per heavy atom. The molecule has 0 spiro atoms. The normalized spacial score (nSPS) is 22.4. The lowest BCUT2D eigenvalue weighted by Gasteiger charge is -2.31. The van der Waals surface area contributed by atoms with E-state index in [1.165, 1.54) is 4.90 Å². The molecule has 17 heavy (non-hydrogen) atoms. The minimum Gasteiger partial charge on any atom is -0.395 e. The number of nitrogens with zero attached hydrogens (tertiary/aromatic N) is 2. The molecular formula is C10H20F3N3O. The molecule has 1 aliphatic rings. The topological polar surface area (TPSA) is 52.7 Å². The summed E-state index contributed by atoms with van der Waals surface area (Å²) in [7, 11) is 0. The second-order valence-electron chi connectivity index (χ2n) is 4.25. The van der Waals surface area contributed by atoms with Crippen molar-refractivity contribution in [2.45, 2.75) is 18.6 Å². The number of β-amino-alcohol motifs (C(OH)–C–C–N with tert-alkyl or cyclic N) is 1. The molecule has 102 valence electrons. The zero-order chi connectivity index (χ0) is 12.9. The first-order chi connectivity index (χ1) is 7.99. The van der Waals surface area contributed by atoms with Crippen LogP contribution in [-0.2, 0) is 0 Å². The summed E-state index contributed by atoms with van der Waals surface area (Å²) in [6, 6.07) is -1.54. The summed E-state index contributed by atoms with van der Waals surface area (Å²) in [6.07, 6.45) is -3.59. The van der Waals surface area contributed by atoms with Crippen molar-refractivity contribution in [3.05, 3.63) is 0 Å². The highest BCUT2D eigenvalue weighted by atomic mass is 19.4. The molecule has 1 atom stereocenters. The van der Waals surface area contributed by atoms with Gasteiger partial charge in [-0.2, -0.15) is 13.2 Å². The van der Waals surface area contributed by atoms with Crippen molar-refractivity contribution < 1.29 is 18.3 Å². The molecule has 0 aliphatic carbocycles. The van der Waals surface area contributed by atoms with Crippen LogP contribution < -0.4 is 5.73 Å². The van der Waals surface area contributed by atoms with Crippen LogP contribution in [0.5, 0.6) is 0 Å². The standard InChI is InChI=1S/C10H20F3N3O/c11-10(12,13)9(8-14)16-3-1-2-15(4-5-16)6-7-17/h9,17H,1-8,14H2. The second-order valence-corrected chi connectivity index (χ2v) is 4.25. The van der Waals surface area contributed by atoms with Gasteiger partial charge in [-0.25, -0.2) is 0 Å². The summed E-state index contributed by atoms with van der Waals surface area (Å²) in [5.41, 5.74) is 5.22. The lowest BCUT2D eigenvalue weighted by Crippen LogP contribution is -2.51. The Kier molecular flexibility index (Phi) is 5.64. The van der Waals surface area contributed by atoms with Crippen molar-refractivity contribution >= 4 is 0 Å². The van der Waals surface area contributed by atoms with Crippen LogP contribution in [0.1, 0.15) is 6.42 Å². The smallest absolute Gasteiger partial charge is 0.395 e. The van der Waals surface area contributed by atoms with Gasteiger partial charge < -0.3 is 10.8 Å². The van der Waals surface area contributed by atoms with E-state index in [2.05, 4.69) is 0 Å². The van der Waals surface area contributed by atoms with Crippen molar-refractivity contribution in [3.63, 3.8) is 0 Å². The van der Waals surface area contributed by atoms with Crippen LogP contribution in [0.2, 0.25) is 0 Å². The highest BCUT2D eigenvalue weighted by molar-refractivity contribution is 4.82. The van der Waals surface area contributed by atoms with Crippen molar-refractivity contribution in [1.29, 1.82) is 0 Å². The summed E-state index contributed by atoms with van der Waals surface area (Å²) in [6.45, 7) is 2.19. The third kappa shape index (κ3) is 4.42. The second kappa shape index (κ2) is 6.53. The molecule has 0 aromatic carbocycles. The predicted octanol–water partition coefficient (Wildman–Crippen LogP) is -0.124. The Morgan fingerprint density at radius 3 is 2.41 bits per heavy atom. The van der Waals surface area contributed by atoms with Crippen molar-refractivity contribution in [1.82, 2.24) is 9.80 Å². The van der Waals surface area contributed by atoms with Crippen LogP contribution >= 0.6 is 0 Å². The highest BCUT2D eigenvalue weighted by Crippen LogP contribution is 2.24. The van der Waals surface area contributed by atoms with E-state index in [0.29, 0.717) is 32.6 Å². The van der Waals surface area contributed by atoms with Gasteiger partial charge in [-0.15, -0.1) is 0 Å². The molecule has 1 unspecified atom stereocenters. The lowest BCUT2D eigenvalue weighted by molar-refractivity contribution is -0.180. The fourth-order valence-electron chi connectivity index (χ4n) is 2.16. The number of hydrogen-bond donors (Lipinski definition) is 2. The van der Waals surface area contributed by atoms with E-state index in [9.17, 15) is 13.2 Å². The van der Waals surface area contributed by atoms with Gasteiger partial charge >= 0.3 is 6.18 Å². The first kappa shape index (κ1) is 14.7. The minimum atomic E-state index is -4.26. The quantitative estimate of drug-likeness (QED) is 0.735. The Hall–Kier alpha value is -0.370. The zero-order valence-corrected chi connectivity index (χ0v) is 9.79. The molecule has 4 nitrogen and oxygen atoms in total. The number of rotatable bonds is 4. The van der Waals surface area contributed by atoms with Crippen LogP contribution in [0.15, 0.2) is 0 Å². The predicted molar refractivity (Wildman–Crippen MR) is 58.6 cm³/mol. The van der Waals surface area contributed by atoms with Gasteiger partial charge in [0.05, 0.1) is 6.61 Å². The fraction of sp³-hybridized carbons (Fsp3) is 1.00. The van der Waals surface area contributed by atoms with Gasteiger partial charge in [-0.1, -0.05) is 0 Å². The lowest BCUT2D eigenvalue weighted by atomic mass is 10.2. The molecule has 1 heterocycles. The van der Waals surface area contributed by atoms with Gasteiger partial charge in [0, 0.05) is 32.7 Å². The fourth-order valence-corrected chi connectivity index (χ4v) is 2.16. The maximum absolute atomic E-state index is 12.7. The van der Waals surface area contributed by atoms with E-state index in [-0.39, 0.29) is 6.61 Å². The van der Waals surface area contributed by atoms with Crippen molar-refractivity contribution in [3.8, 4) is 0 Å². The van der Waals surface area contributed by atoms with Gasteiger partial charge in [0.25, 0.3) is 0 Å². The molecule has 0 radical (unpaired) electrons. The van der Waals surface area contributed by atoms with Gasteiger partial charge in [0.15, 0.2) is 0 Å². The van der Waals surface area contributed by atoms with Crippen LogP contribution in [0.3, 0.4) is 0 Å². The monoisotopic (exact) mass is 255 g/mol. The van der Waals surface area contributed by atoms with Gasteiger partial charge in [-0.3, -0.25) is 9.80 Å². The largest absolute Gasteiger partial charge is 0.405 e. The van der Waals surface area contributed by atoms with E-state index in [4.69, 9.17) is 10.8 Å². The maximum Gasteiger partial charge on any atom is 0.405 e. The molecule has 0 amide bonds. The number of aliphatic hydroxyl groups is 1. The maximum atomic E-state index is 12.7. The summed E-state index contributed by atoms with van der Waals surface area (Å²) < 4.78 is 38.1. The molecule has 3 N–H and O–H groups in total. The van der Waals surface area contributed by atoms with E-state index >= 15 is 0 Å². The molecule has 1 saturated heterocycles.